The van der Waals surface area contributed by atoms with E-state index in [4.69, 9.17) is 4.42 Å². The lowest BCUT2D eigenvalue weighted by Crippen LogP contribution is -2.49. The number of rotatable bonds is 6. The third kappa shape index (κ3) is 4.18. The van der Waals surface area contributed by atoms with E-state index in [0.29, 0.717) is 6.54 Å². The molecule has 0 aromatic carbocycles. The Morgan fingerprint density at radius 1 is 1.23 bits per heavy atom. The monoisotopic (exact) mass is 301 g/mol. The van der Waals surface area contributed by atoms with Gasteiger partial charge in [-0.1, -0.05) is 13.8 Å². The van der Waals surface area contributed by atoms with E-state index in [1.807, 2.05) is 26.0 Å². The first-order valence-corrected chi connectivity index (χ1v) is 7.09. The summed E-state index contributed by atoms with van der Waals surface area (Å²) in [5, 5.41) is 5.52. The molecule has 0 aliphatic heterocycles. The summed E-state index contributed by atoms with van der Waals surface area (Å²) in [6.07, 6.45) is 4.75. The summed E-state index contributed by atoms with van der Waals surface area (Å²) >= 11 is 0. The highest BCUT2D eigenvalue weighted by atomic mass is 16.3. The highest BCUT2D eigenvalue weighted by molar-refractivity contribution is 5.95. The summed E-state index contributed by atoms with van der Waals surface area (Å²) in [4.78, 5) is 28.2. The fraction of sp³-hybridized carbons (Fsp3) is 0.312. The van der Waals surface area contributed by atoms with E-state index in [2.05, 4.69) is 15.6 Å². The minimum atomic E-state index is -0.626. The third-order valence-electron chi connectivity index (χ3n) is 3.20. The van der Waals surface area contributed by atoms with Gasteiger partial charge in [0.15, 0.2) is 5.76 Å². The van der Waals surface area contributed by atoms with Crippen LogP contribution in [0.4, 0.5) is 0 Å². The summed E-state index contributed by atoms with van der Waals surface area (Å²) in [6.45, 7) is 4.14. The molecular formula is C16H19N3O3. The standard InChI is InChI=1S/C16H19N3O3/c1-11(2)14(19-15(20)13-4-3-9-22-13)16(21)18-10-12-5-7-17-8-6-12/h3-9,11,14H,10H2,1-2H3,(H,18,21)(H,19,20)/t14-/m0/s1. The number of furan rings is 1. The molecule has 0 aliphatic carbocycles. The molecule has 0 saturated heterocycles. The van der Waals surface area contributed by atoms with Gasteiger partial charge in [0.05, 0.1) is 6.26 Å². The van der Waals surface area contributed by atoms with Crippen LogP contribution in [0.5, 0.6) is 0 Å². The first-order chi connectivity index (χ1) is 10.6. The largest absolute Gasteiger partial charge is 0.459 e. The van der Waals surface area contributed by atoms with Crippen molar-refractivity contribution in [2.45, 2.75) is 26.4 Å². The van der Waals surface area contributed by atoms with E-state index in [9.17, 15) is 9.59 Å². The zero-order valence-electron chi connectivity index (χ0n) is 12.6. The molecule has 0 unspecified atom stereocenters. The average molecular weight is 301 g/mol. The first kappa shape index (κ1) is 15.8. The van der Waals surface area contributed by atoms with Crippen LogP contribution in [0.1, 0.15) is 30.0 Å². The number of carbonyl (C=O) groups excluding carboxylic acids is 2. The molecule has 1 atom stereocenters. The van der Waals surface area contributed by atoms with E-state index >= 15 is 0 Å². The molecule has 2 aromatic rings. The Balaban J connectivity index is 1.95. The molecule has 2 aromatic heterocycles. The zero-order chi connectivity index (χ0) is 15.9. The number of aromatic nitrogens is 1. The number of nitrogens with zero attached hydrogens (tertiary/aromatic N) is 1. The van der Waals surface area contributed by atoms with Crippen LogP contribution in [-0.2, 0) is 11.3 Å². The Hall–Kier alpha value is -2.63. The Morgan fingerprint density at radius 3 is 2.55 bits per heavy atom. The highest BCUT2D eigenvalue weighted by Gasteiger charge is 2.25. The van der Waals surface area contributed by atoms with E-state index in [1.165, 1.54) is 6.26 Å². The van der Waals surface area contributed by atoms with Crippen molar-refractivity contribution in [2.75, 3.05) is 0 Å². The van der Waals surface area contributed by atoms with E-state index in [0.717, 1.165) is 5.56 Å². The van der Waals surface area contributed by atoms with Crippen molar-refractivity contribution in [2.24, 2.45) is 5.92 Å². The molecule has 0 bridgehead atoms. The predicted octanol–water partition coefficient (Wildman–Crippen LogP) is 1.75. The van der Waals surface area contributed by atoms with Crippen molar-refractivity contribution in [1.82, 2.24) is 15.6 Å². The maximum absolute atomic E-state index is 12.3. The second-order valence-corrected chi connectivity index (χ2v) is 5.25. The van der Waals surface area contributed by atoms with Crippen LogP contribution in [0.3, 0.4) is 0 Å². The van der Waals surface area contributed by atoms with Crippen molar-refractivity contribution in [3.8, 4) is 0 Å². The lowest BCUT2D eigenvalue weighted by atomic mass is 10.0. The molecule has 116 valence electrons. The maximum Gasteiger partial charge on any atom is 0.287 e. The number of amides is 2. The summed E-state index contributed by atoms with van der Waals surface area (Å²) in [5.74, 6) is -0.488. The molecule has 2 N–H and O–H groups in total. The van der Waals surface area contributed by atoms with Gasteiger partial charge < -0.3 is 15.1 Å². The Kier molecular flexibility index (Phi) is 5.30. The summed E-state index contributed by atoms with van der Waals surface area (Å²) < 4.78 is 5.03. The summed E-state index contributed by atoms with van der Waals surface area (Å²) in [5.41, 5.74) is 0.947. The smallest absolute Gasteiger partial charge is 0.287 e. The van der Waals surface area contributed by atoms with Crippen LogP contribution in [0, 0.1) is 5.92 Å². The van der Waals surface area contributed by atoms with Gasteiger partial charge in [-0.05, 0) is 35.7 Å². The van der Waals surface area contributed by atoms with E-state index in [1.54, 1.807) is 24.5 Å². The fourth-order valence-corrected chi connectivity index (χ4v) is 1.95. The van der Waals surface area contributed by atoms with Crippen molar-refractivity contribution in [3.63, 3.8) is 0 Å². The van der Waals surface area contributed by atoms with Gasteiger partial charge in [0, 0.05) is 18.9 Å². The molecule has 0 spiro atoms. The lowest BCUT2D eigenvalue weighted by molar-refractivity contribution is -0.124. The van der Waals surface area contributed by atoms with Crippen LogP contribution >= 0.6 is 0 Å². The van der Waals surface area contributed by atoms with Crippen LogP contribution in [0.15, 0.2) is 47.3 Å². The Labute approximate surface area is 128 Å². The molecule has 0 radical (unpaired) electrons. The number of carbonyl (C=O) groups is 2. The molecule has 0 saturated carbocycles. The minimum Gasteiger partial charge on any atom is -0.459 e. The molecular weight excluding hydrogens is 282 g/mol. The van der Waals surface area contributed by atoms with E-state index < -0.39 is 11.9 Å². The van der Waals surface area contributed by atoms with Crippen molar-refractivity contribution in [1.29, 1.82) is 0 Å². The van der Waals surface area contributed by atoms with Crippen LogP contribution in [0.25, 0.3) is 0 Å². The van der Waals surface area contributed by atoms with Gasteiger partial charge in [-0.25, -0.2) is 0 Å². The van der Waals surface area contributed by atoms with Gasteiger partial charge in [-0.3, -0.25) is 14.6 Å². The van der Waals surface area contributed by atoms with Crippen molar-refractivity contribution >= 4 is 11.8 Å². The predicted molar refractivity (Wildman–Crippen MR) is 80.9 cm³/mol. The third-order valence-corrected chi connectivity index (χ3v) is 3.20. The van der Waals surface area contributed by atoms with Gasteiger partial charge in [-0.15, -0.1) is 0 Å². The summed E-state index contributed by atoms with van der Waals surface area (Å²) in [7, 11) is 0. The molecule has 22 heavy (non-hydrogen) atoms. The Morgan fingerprint density at radius 2 is 1.95 bits per heavy atom. The SMILES string of the molecule is CC(C)[C@H](NC(=O)c1ccco1)C(=O)NCc1ccncc1. The summed E-state index contributed by atoms with van der Waals surface area (Å²) in [6, 6.07) is 6.21. The number of nitrogens with one attached hydrogen (secondary N) is 2. The number of hydrogen-bond donors (Lipinski definition) is 2. The Bertz CT molecular complexity index is 609. The molecule has 0 aliphatic rings. The van der Waals surface area contributed by atoms with Crippen LogP contribution in [-0.4, -0.2) is 22.8 Å². The number of pyridine rings is 1. The molecule has 0 fully saturated rings. The van der Waals surface area contributed by atoms with Crippen molar-refractivity contribution < 1.29 is 14.0 Å². The molecule has 6 heteroatoms. The fourth-order valence-electron chi connectivity index (χ4n) is 1.95. The van der Waals surface area contributed by atoms with Crippen LogP contribution < -0.4 is 10.6 Å². The minimum absolute atomic E-state index is 0.0450. The van der Waals surface area contributed by atoms with Crippen LogP contribution in [0.2, 0.25) is 0 Å². The number of hydrogen-bond acceptors (Lipinski definition) is 4. The quantitative estimate of drug-likeness (QED) is 0.851. The second kappa shape index (κ2) is 7.40. The van der Waals surface area contributed by atoms with Gasteiger partial charge in [0.2, 0.25) is 5.91 Å². The highest BCUT2D eigenvalue weighted by Crippen LogP contribution is 2.06. The van der Waals surface area contributed by atoms with Gasteiger partial charge >= 0.3 is 0 Å². The normalized spacial score (nSPS) is 12.0. The second-order valence-electron chi connectivity index (χ2n) is 5.25. The zero-order valence-corrected chi connectivity index (χ0v) is 12.6. The maximum atomic E-state index is 12.3. The molecule has 2 rings (SSSR count). The molecule has 2 amide bonds. The van der Waals surface area contributed by atoms with Gasteiger partial charge in [-0.2, -0.15) is 0 Å². The van der Waals surface area contributed by atoms with Gasteiger partial charge in [0.25, 0.3) is 5.91 Å². The first-order valence-electron chi connectivity index (χ1n) is 7.09. The van der Waals surface area contributed by atoms with E-state index in [-0.39, 0.29) is 17.6 Å². The topological polar surface area (TPSA) is 84.2 Å². The van der Waals surface area contributed by atoms with Crippen molar-refractivity contribution in [3.05, 3.63) is 54.2 Å². The lowest BCUT2D eigenvalue weighted by Gasteiger charge is -2.21. The molecule has 6 nitrogen and oxygen atoms in total. The average Bonchev–Trinajstić information content (AvgIpc) is 3.05. The molecule has 2 heterocycles. The van der Waals surface area contributed by atoms with Gasteiger partial charge in [0.1, 0.15) is 6.04 Å².